The minimum absolute atomic E-state index is 0.117. The molecule has 1 heterocycles. The van der Waals surface area contributed by atoms with Gasteiger partial charge in [0.2, 0.25) is 0 Å². The Morgan fingerprint density at radius 3 is 2.49 bits per heavy atom. The zero-order valence-electron chi connectivity index (χ0n) is 22.0. The van der Waals surface area contributed by atoms with E-state index in [1.807, 2.05) is 31.2 Å². The number of carbonyl (C=O) groups excluding carboxylic acids is 3. The van der Waals surface area contributed by atoms with Gasteiger partial charge in [-0.1, -0.05) is 31.4 Å². The summed E-state index contributed by atoms with van der Waals surface area (Å²) in [6, 6.07) is 7.64. The number of halogens is 1. The zero-order valence-corrected chi connectivity index (χ0v) is 24.4. The summed E-state index contributed by atoms with van der Waals surface area (Å²) >= 11 is 4.74. The molecule has 1 aliphatic carbocycles. The van der Waals surface area contributed by atoms with E-state index in [0.717, 1.165) is 36.9 Å². The number of urea groups is 1. The lowest BCUT2D eigenvalue weighted by molar-refractivity contribution is -0.157. The number of hydrogen-bond acceptors (Lipinski definition) is 7. The van der Waals surface area contributed by atoms with Crippen molar-refractivity contribution in [1.82, 2.24) is 5.32 Å². The van der Waals surface area contributed by atoms with E-state index in [2.05, 4.69) is 21.2 Å². The molecule has 1 aromatic heterocycles. The molecule has 1 aromatic carbocycles. The van der Waals surface area contributed by atoms with E-state index in [4.69, 9.17) is 14.2 Å². The predicted molar refractivity (Wildman–Crippen MR) is 149 cm³/mol. The van der Waals surface area contributed by atoms with Crippen LogP contribution in [0.25, 0.3) is 10.4 Å². The van der Waals surface area contributed by atoms with Gasteiger partial charge in [-0.3, -0.25) is 4.90 Å². The second-order valence-electron chi connectivity index (χ2n) is 9.85. The van der Waals surface area contributed by atoms with Crippen LogP contribution in [0.15, 0.2) is 28.7 Å². The van der Waals surface area contributed by atoms with Crippen LogP contribution in [0, 0.1) is 0 Å². The molecule has 3 rings (SSSR count). The fraction of sp³-hybridized carbons (Fsp3) is 0.519. The van der Waals surface area contributed by atoms with Crippen LogP contribution in [-0.2, 0) is 14.3 Å². The Balaban J connectivity index is 1.87. The number of anilines is 1. The zero-order chi connectivity index (χ0) is 27.2. The lowest BCUT2D eigenvalue weighted by Crippen LogP contribution is -2.45. The maximum Gasteiger partial charge on any atom is 0.351 e. The van der Waals surface area contributed by atoms with Gasteiger partial charge in [0.05, 0.1) is 16.5 Å². The van der Waals surface area contributed by atoms with Crippen LogP contribution < -0.4 is 15.0 Å². The van der Waals surface area contributed by atoms with Gasteiger partial charge in [0.1, 0.15) is 5.60 Å². The molecule has 1 saturated carbocycles. The summed E-state index contributed by atoms with van der Waals surface area (Å²) in [6.45, 7) is 7.39. The molecular formula is C27H35BrN2O6S. The van der Waals surface area contributed by atoms with E-state index in [9.17, 15) is 14.4 Å². The molecule has 2 aromatic rings. The number of nitrogens with one attached hydrogen (secondary N) is 1. The van der Waals surface area contributed by atoms with Gasteiger partial charge in [0, 0.05) is 18.3 Å². The molecular weight excluding hydrogens is 560 g/mol. The van der Waals surface area contributed by atoms with Gasteiger partial charge >= 0.3 is 18.0 Å². The number of amides is 2. The van der Waals surface area contributed by atoms with E-state index in [-0.39, 0.29) is 29.3 Å². The predicted octanol–water partition coefficient (Wildman–Crippen LogP) is 6.55. The topological polar surface area (TPSA) is 94.2 Å². The number of carbonyl (C=O) groups is 3. The molecule has 1 fully saturated rings. The highest BCUT2D eigenvalue weighted by atomic mass is 79.9. The lowest BCUT2D eigenvalue weighted by Gasteiger charge is -2.28. The van der Waals surface area contributed by atoms with Crippen molar-refractivity contribution >= 4 is 50.9 Å². The third-order valence-corrected chi connectivity index (χ3v) is 8.07. The first-order chi connectivity index (χ1) is 17.5. The van der Waals surface area contributed by atoms with Crippen LogP contribution in [-0.4, -0.2) is 49.9 Å². The molecule has 0 spiro atoms. The quantitative estimate of drug-likeness (QED) is 0.348. The first kappa shape index (κ1) is 29.0. The SMILES string of the molecule is CCN(C(=O)NC1CCCCC1)c1cccc(-c2sc(C(=O)OC)c(OCC(=O)OC(C)(C)C)c2Br)c1. The van der Waals surface area contributed by atoms with Crippen LogP contribution in [0.1, 0.15) is 69.5 Å². The Bertz CT molecular complexity index is 1120. The normalized spacial score (nSPS) is 14.1. The highest BCUT2D eigenvalue weighted by Gasteiger charge is 2.27. The van der Waals surface area contributed by atoms with Gasteiger partial charge in [-0.2, -0.15) is 0 Å². The third kappa shape index (κ3) is 7.70. The van der Waals surface area contributed by atoms with Crippen molar-refractivity contribution in [3.63, 3.8) is 0 Å². The summed E-state index contributed by atoms with van der Waals surface area (Å²) in [5, 5.41) is 3.17. The number of hydrogen-bond donors (Lipinski definition) is 1. The first-order valence-corrected chi connectivity index (χ1v) is 14.1. The molecule has 0 radical (unpaired) electrons. The Labute approximate surface area is 230 Å². The van der Waals surface area contributed by atoms with Crippen molar-refractivity contribution in [2.45, 2.75) is 71.4 Å². The average molecular weight is 596 g/mol. The van der Waals surface area contributed by atoms with Crippen molar-refractivity contribution < 1.29 is 28.6 Å². The van der Waals surface area contributed by atoms with E-state index >= 15 is 0 Å². The van der Waals surface area contributed by atoms with E-state index in [1.165, 1.54) is 24.9 Å². The minimum Gasteiger partial charge on any atom is -0.479 e. The first-order valence-electron chi connectivity index (χ1n) is 12.5. The van der Waals surface area contributed by atoms with Crippen molar-refractivity contribution in [3.05, 3.63) is 33.6 Å². The lowest BCUT2D eigenvalue weighted by atomic mass is 9.96. The maximum atomic E-state index is 13.1. The molecule has 2 amide bonds. The van der Waals surface area contributed by atoms with Crippen LogP contribution in [0.2, 0.25) is 0 Å². The van der Waals surface area contributed by atoms with Gasteiger partial charge in [0.15, 0.2) is 17.2 Å². The van der Waals surface area contributed by atoms with Crippen molar-refractivity contribution in [3.8, 4) is 16.2 Å². The minimum atomic E-state index is -0.655. The van der Waals surface area contributed by atoms with Gasteiger partial charge in [-0.25, -0.2) is 14.4 Å². The molecule has 1 aliphatic rings. The number of esters is 2. The van der Waals surface area contributed by atoms with Crippen molar-refractivity contribution in [1.29, 1.82) is 0 Å². The standard InChI is InChI=1S/C27H35BrN2O6S/c1-6-30(26(33)29-18-12-8-7-9-13-18)19-14-10-11-17(15-19)23-21(28)22(24(37-23)25(32)34-5)35-16-20(31)36-27(2,3)4/h10-11,14-15,18H,6-9,12-13,16H2,1-5H3,(H,29,33). The Hall–Kier alpha value is -2.59. The Morgan fingerprint density at radius 2 is 1.86 bits per heavy atom. The number of methoxy groups -OCH3 is 1. The smallest absolute Gasteiger partial charge is 0.351 e. The Morgan fingerprint density at radius 1 is 1.16 bits per heavy atom. The number of thiophene rings is 1. The molecule has 37 heavy (non-hydrogen) atoms. The van der Waals surface area contributed by atoms with Gasteiger partial charge in [0.25, 0.3) is 0 Å². The van der Waals surface area contributed by atoms with Gasteiger partial charge < -0.3 is 19.5 Å². The van der Waals surface area contributed by atoms with Crippen LogP contribution in [0.5, 0.6) is 5.75 Å². The largest absolute Gasteiger partial charge is 0.479 e. The second-order valence-corrected chi connectivity index (χ2v) is 11.7. The van der Waals surface area contributed by atoms with Crippen LogP contribution >= 0.6 is 27.3 Å². The number of ether oxygens (including phenoxy) is 3. The summed E-state index contributed by atoms with van der Waals surface area (Å²) < 4.78 is 16.5. The molecule has 0 unspecified atom stereocenters. The highest BCUT2D eigenvalue weighted by Crippen LogP contribution is 2.46. The monoisotopic (exact) mass is 594 g/mol. The van der Waals surface area contributed by atoms with Crippen molar-refractivity contribution in [2.75, 3.05) is 25.2 Å². The summed E-state index contributed by atoms with van der Waals surface area (Å²) in [4.78, 5) is 40.4. The fourth-order valence-electron chi connectivity index (χ4n) is 4.20. The van der Waals surface area contributed by atoms with E-state index in [0.29, 0.717) is 15.9 Å². The average Bonchev–Trinajstić information content (AvgIpc) is 3.18. The molecule has 0 saturated heterocycles. The summed E-state index contributed by atoms with van der Waals surface area (Å²) in [5.41, 5.74) is 0.873. The molecule has 1 N–H and O–H groups in total. The summed E-state index contributed by atoms with van der Waals surface area (Å²) in [5.74, 6) is -0.910. The van der Waals surface area contributed by atoms with E-state index in [1.54, 1.807) is 25.7 Å². The maximum absolute atomic E-state index is 13.1. The van der Waals surface area contributed by atoms with Crippen molar-refractivity contribution in [2.24, 2.45) is 0 Å². The fourth-order valence-corrected chi connectivity index (χ4v) is 6.16. The van der Waals surface area contributed by atoms with Gasteiger partial charge in [-0.05, 0) is 74.2 Å². The second kappa shape index (κ2) is 12.8. The number of benzene rings is 1. The molecule has 0 bridgehead atoms. The summed E-state index contributed by atoms with van der Waals surface area (Å²) in [7, 11) is 1.29. The third-order valence-electron chi connectivity index (χ3n) is 5.85. The molecule has 8 nitrogen and oxygen atoms in total. The van der Waals surface area contributed by atoms with Gasteiger partial charge in [-0.15, -0.1) is 11.3 Å². The molecule has 0 atom stereocenters. The van der Waals surface area contributed by atoms with Crippen LogP contribution in [0.4, 0.5) is 10.5 Å². The summed E-state index contributed by atoms with van der Waals surface area (Å²) in [6.07, 6.45) is 5.51. The molecule has 0 aliphatic heterocycles. The highest BCUT2D eigenvalue weighted by molar-refractivity contribution is 9.10. The Kier molecular flexibility index (Phi) is 10.0. The van der Waals surface area contributed by atoms with E-state index < -0.39 is 17.5 Å². The number of nitrogens with zero attached hydrogens (tertiary/aromatic N) is 1. The molecule has 10 heteroatoms. The number of rotatable bonds is 8. The molecule has 202 valence electrons. The van der Waals surface area contributed by atoms with Crippen LogP contribution in [0.3, 0.4) is 0 Å².